The zero-order chi connectivity index (χ0) is 15.9. The molecule has 1 aromatic heterocycles. The van der Waals surface area contributed by atoms with Crippen LogP contribution in [-0.2, 0) is 4.79 Å². The van der Waals surface area contributed by atoms with Crippen LogP contribution < -0.4 is 10.1 Å². The summed E-state index contributed by atoms with van der Waals surface area (Å²) in [5.74, 6) is 1.15. The zero-order valence-electron chi connectivity index (χ0n) is 12.3. The second kappa shape index (κ2) is 7.84. The van der Waals surface area contributed by atoms with E-state index < -0.39 is 0 Å². The molecule has 0 bridgehead atoms. The van der Waals surface area contributed by atoms with Crippen LogP contribution in [0.1, 0.15) is 12.6 Å². The molecule has 22 heavy (non-hydrogen) atoms. The van der Waals surface area contributed by atoms with Crippen molar-refractivity contribution < 1.29 is 18.4 Å². The van der Waals surface area contributed by atoms with E-state index in [9.17, 15) is 9.18 Å². The lowest BCUT2D eigenvalue weighted by Crippen LogP contribution is -2.23. The third kappa shape index (κ3) is 5.07. The number of hydrogen-bond acceptors (Lipinski definition) is 5. The second-order valence-electron chi connectivity index (χ2n) is 4.64. The second-order valence-corrected chi connectivity index (χ2v) is 6.09. The van der Waals surface area contributed by atoms with E-state index in [0.29, 0.717) is 29.7 Å². The van der Waals surface area contributed by atoms with Gasteiger partial charge in [0.1, 0.15) is 11.6 Å². The lowest BCUT2D eigenvalue weighted by Gasteiger charge is -2.11. The van der Waals surface area contributed by atoms with E-state index in [1.54, 1.807) is 32.0 Å². The van der Waals surface area contributed by atoms with Crippen LogP contribution in [0, 0.1) is 12.7 Å². The van der Waals surface area contributed by atoms with Crippen molar-refractivity contribution in [3.63, 3.8) is 0 Å². The number of rotatable bonds is 7. The van der Waals surface area contributed by atoms with Gasteiger partial charge in [0.25, 0.3) is 0 Å². The van der Waals surface area contributed by atoms with Crippen molar-refractivity contribution in [1.29, 1.82) is 0 Å². The topological polar surface area (TPSA) is 64.4 Å². The quantitative estimate of drug-likeness (QED) is 0.792. The number of nitrogens with zero attached hydrogens (tertiary/aromatic N) is 1. The summed E-state index contributed by atoms with van der Waals surface area (Å²) in [5.41, 5.74) is 0.711. The van der Waals surface area contributed by atoms with Crippen molar-refractivity contribution in [2.45, 2.75) is 19.1 Å². The molecular weight excluding hydrogens is 307 g/mol. The first-order chi connectivity index (χ1) is 10.5. The molecule has 0 spiro atoms. The molecule has 0 unspecified atom stereocenters. The van der Waals surface area contributed by atoms with Gasteiger partial charge in [0.05, 0.1) is 17.6 Å². The number of amides is 1. The Morgan fingerprint density at radius 1 is 1.45 bits per heavy atom. The number of anilines is 1. The molecule has 1 heterocycles. The van der Waals surface area contributed by atoms with Crippen molar-refractivity contribution in [2.24, 2.45) is 0 Å². The van der Waals surface area contributed by atoms with Gasteiger partial charge < -0.3 is 9.26 Å². The molecule has 0 fully saturated rings. The van der Waals surface area contributed by atoms with Crippen LogP contribution in [0.5, 0.6) is 5.75 Å². The molecule has 0 aliphatic carbocycles. The van der Waals surface area contributed by atoms with Crippen molar-refractivity contribution in [2.75, 3.05) is 17.7 Å². The summed E-state index contributed by atoms with van der Waals surface area (Å²) in [6.45, 7) is 4.03. The maximum atomic E-state index is 12.7. The molecule has 1 N–H and O–H groups in total. The van der Waals surface area contributed by atoms with Gasteiger partial charge in [-0.25, -0.2) is 4.39 Å². The lowest BCUT2D eigenvalue weighted by atomic mass is 10.3. The number of aromatic nitrogens is 1. The van der Waals surface area contributed by atoms with Gasteiger partial charge in [-0.15, -0.1) is 11.8 Å². The number of nitrogens with one attached hydrogen (secondary N) is 1. The van der Waals surface area contributed by atoms with Crippen molar-refractivity contribution in [3.8, 4) is 5.75 Å². The Kier molecular flexibility index (Phi) is 5.83. The molecule has 7 heteroatoms. The van der Waals surface area contributed by atoms with Crippen molar-refractivity contribution >= 4 is 23.6 Å². The fraction of sp³-hybridized carbons (Fsp3) is 0.333. The number of halogens is 1. The molecule has 1 amide bonds. The molecule has 0 aliphatic rings. The normalized spacial score (nSPS) is 12.0. The van der Waals surface area contributed by atoms with Crippen LogP contribution in [-0.4, -0.2) is 28.7 Å². The number of benzene rings is 1. The molecule has 1 atom stereocenters. The Morgan fingerprint density at radius 2 is 2.18 bits per heavy atom. The summed E-state index contributed by atoms with van der Waals surface area (Å²) in [5, 5.41) is 6.11. The Hall–Kier alpha value is -2.02. The Balaban J connectivity index is 1.67. The number of carbonyl (C=O) groups is 1. The molecular formula is C15H17FN2O3S. The fourth-order valence-corrected chi connectivity index (χ4v) is 2.38. The minimum Gasteiger partial charge on any atom is -0.493 e. The first kappa shape index (κ1) is 16.4. The summed E-state index contributed by atoms with van der Waals surface area (Å²) in [6.07, 6.45) is 0. The van der Waals surface area contributed by atoms with Gasteiger partial charge in [-0.05, 0) is 38.1 Å². The number of ether oxygens (including phenoxy) is 1. The van der Waals surface area contributed by atoms with Crippen LogP contribution in [0.15, 0.2) is 34.9 Å². The van der Waals surface area contributed by atoms with Crippen molar-refractivity contribution in [1.82, 2.24) is 5.16 Å². The summed E-state index contributed by atoms with van der Waals surface area (Å²) >= 11 is 1.46. The highest BCUT2D eigenvalue weighted by Crippen LogP contribution is 2.16. The van der Waals surface area contributed by atoms with Gasteiger partial charge in [0.15, 0.2) is 0 Å². The predicted molar refractivity (Wildman–Crippen MR) is 83.7 cm³/mol. The average Bonchev–Trinajstić information content (AvgIpc) is 2.90. The van der Waals surface area contributed by atoms with E-state index in [1.165, 1.54) is 23.9 Å². The minimum atomic E-state index is -0.297. The SMILES string of the molecule is Cc1cc(NC(=O)[C@H](C)SCCOc2ccc(F)cc2)on1. The molecule has 0 radical (unpaired) electrons. The first-order valence-corrected chi connectivity index (χ1v) is 7.83. The van der Waals surface area contributed by atoms with Gasteiger partial charge >= 0.3 is 0 Å². The molecule has 1 aromatic carbocycles. The summed E-state index contributed by atoms with van der Waals surface area (Å²) < 4.78 is 23.1. The van der Waals surface area contributed by atoms with Gasteiger partial charge in [-0.2, -0.15) is 0 Å². The molecule has 0 saturated heterocycles. The van der Waals surface area contributed by atoms with Crippen LogP contribution >= 0.6 is 11.8 Å². The van der Waals surface area contributed by atoms with Gasteiger partial charge in [0.2, 0.25) is 11.8 Å². The summed E-state index contributed by atoms with van der Waals surface area (Å²) in [4.78, 5) is 11.9. The first-order valence-electron chi connectivity index (χ1n) is 6.79. The van der Waals surface area contributed by atoms with Crippen LogP contribution in [0.3, 0.4) is 0 Å². The van der Waals surface area contributed by atoms with Gasteiger partial charge in [0, 0.05) is 11.8 Å². The maximum Gasteiger partial charge on any atom is 0.239 e. The predicted octanol–water partition coefficient (Wildman–Crippen LogP) is 3.26. The van der Waals surface area contributed by atoms with E-state index in [0.717, 1.165) is 0 Å². The largest absolute Gasteiger partial charge is 0.493 e. The van der Waals surface area contributed by atoms with Crippen LogP contribution in [0.4, 0.5) is 10.3 Å². The molecule has 2 rings (SSSR count). The smallest absolute Gasteiger partial charge is 0.239 e. The fourth-order valence-electron chi connectivity index (χ4n) is 1.64. The van der Waals surface area contributed by atoms with E-state index in [2.05, 4.69) is 10.5 Å². The van der Waals surface area contributed by atoms with E-state index in [4.69, 9.17) is 9.26 Å². The number of carbonyl (C=O) groups excluding carboxylic acids is 1. The minimum absolute atomic E-state index is 0.150. The Morgan fingerprint density at radius 3 is 2.82 bits per heavy atom. The highest BCUT2D eigenvalue weighted by Gasteiger charge is 2.15. The maximum absolute atomic E-state index is 12.7. The van der Waals surface area contributed by atoms with Gasteiger partial charge in [-0.1, -0.05) is 5.16 Å². The van der Waals surface area contributed by atoms with E-state index in [1.807, 2.05) is 0 Å². The Labute approximate surface area is 132 Å². The molecule has 0 saturated carbocycles. The average molecular weight is 324 g/mol. The standard InChI is InChI=1S/C15H17FN2O3S/c1-10-9-14(21-18-10)17-15(19)11(2)22-8-7-20-13-5-3-12(16)4-6-13/h3-6,9,11H,7-8H2,1-2H3,(H,17,19)/t11-/m0/s1. The number of aryl methyl sites for hydroxylation is 1. The number of hydrogen-bond donors (Lipinski definition) is 1. The highest BCUT2D eigenvalue weighted by atomic mass is 32.2. The molecule has 0 aliphatic heterocycles. The van der Waals surface area contributed by atoms with E-state index in [-0.39, 0.29) is 17.0 Å². The molecule has 2 aromatic rings. The Bertz CT molecular complexity index is 616. The monoisotopic (exact) mass is 324 g/mol. The summed E-state index contributed by atoms with van der Waals surface area (Å²) in [6, 6.07) is 7.49. The summed E-state index contributed by atoms with van der Waals surface area (Å²) in [7, 11) is 0. The highest BCUT2D eigenvalue weighted by molar-refractivity contribution is 8.00. The van der Waals surface area contributed by atoms with E-state index >= 15 is 0 Å². The van der Waals surface area contributed by atoms with Crippen molar-refractivity contribution in [3.05, 3.63) is 41.8 Å². The van der Waals surface area contributed by atoms with Crippen LogP contribution in [0.25, 0.3) is 0 Å². The molecule has 5 nitrogen and oxygen atoms in total. The zero-order valence-corrected chi connectivity index (χ0v) is 13.2. The van der Waals surface area contributed by atoms with Crippen LogP contribution in [0.2, 0.25) is 0 Å². The number of thioether (sulfide) groups is 1. The molecule has 118 valence electrons. The van der Waals surface area contributed by atoms with Gasteiger partial charge in [-0.3, -0.25) is 10.1 Å². The third-order valence-corrected chi connectivity index (χ3v) is 3.89. The lowest BCUT2D eigenvalue weighted by molar-refractivity contribution is -0.115. The third-order valence-electron chi connectivity index (χ3n) is 2.78.